The molecule has 0 aromatic heterocycles. The second kappa shape index (κ2) is 5.69. The van der Waals surface area contributed by atoms with Gasteiger partial charge >= 0.3 is 0 Å². The minimum atomic E-state index is 0.616. The number of benzene rings is 1. The minimum absolute atomic E-state index is 0.616. The maximum atomic E-state index is 4.58. The van der Waals surface area contributed by atoms with Gasteiger partial charge in [0.25, 0.3) is 0 Å². The van der Waals surface area contributed by atoms with Crippen LogP contribution in [0.3, 0.4) is 0 Å². The van der Waals surface area contributed by atoms with Gasteiger partial charge in [0.15, 0.2) is 0 Å². The SMILES string of the molecule is CCC(/C=N/c1cc(C)ccc1C)CC. The molecule has 1 heteroatoms. The van der Waals surface area contributed by atoms with E-state index in [1.54, 1.807) is 0 Å². The van der Waals surface area contributed by atoms with Crippen LogP contribution in [-0.2, 0) is 0 Å². The van der Waals surface area contributed by atoms with Gasteiger partial charge in [0.1, 0.15) is 0 Å². The molecule has 0 atom stereocenters. The van der Waals surface area contributed by atoms with Crippen molar-refractivity contribution in [3.63, 3.8) is 0 Å². The van der Waals surface area contributed by atoms with Crippen molar-refractivity contribution >= 4 is 11.9 Å². The molecule has 0 saturated carbocycles. The van der Waals surface area contributed by atoms with Crippen molar-refractivity contribution in [2.24, 2.45) is 10.9 Å². The average Bonchev–Trinajstić information content (AvgIpc) is 2.24. The first-order valence-electron chi connectivity index (χ1n) is 5.78. The lowest BCUT2D eigenvalue weighted by atomic mass is 10.1. The average molecular weight is 203 g/mol. The summed E-state index contributed by atoms with van der Waals surface area (Å²) in [5, 5.41) is 0. The van der Waals surface area contributed by atoms with Crippen LogP contribution in [0.4, 0.5) is 5.69 Å². The molecule has 0 unspecified atom stereocenters. The number of nitrogens with zero attached hydrogens (tertiary/aromatic N) is 1. The normalized spacial score (nSPS) is 11.5. The molecular weight excluding hydrogens is 182 g/mol. The fourth-order valence-electron chi connectivity index (χ4n) is 1.54. The Bertz CT molecular complexity index is 335. The minimum Gasteiger partial charge on any atom is -0.261 e. The molecule has 1 rings (SSSR count). The topological polar surface area (TPSA) is 12.4 Å². The van der Waals surface area contributed by atoms with E-state index in [-0.39, 0.29) is 0 Å². The Hall–Kier alpha value is -1.11. The summed E-state index contributed by atoms with van der Waals surface area (Å²) in [5.74, 6) is 0.616. The summed E-state index contributed by atoms with van der Waals surface area (Å²) in [4.78, 5) is 4.58. The Kier molecular flexibility index (Phi) is 4.54. The Balaban J connectivity index is 2.83. The van der Waals surface area contributed by atoms with Gasteiger partial charge in [0.05, 0.1) is 5.69 Å². The Morgan fingerprint density at radius 2 is 1.87 bits per heavy atom. The summed E-state index contributed by atoms with van der Waals surface area (Å²) in [5.41, 5.74) is 3.64. The van der Waals surface area contributed by atoms with E-state index in [2.05, 4.69) is 57.1 Å². The molecule has 0 fully saturated rings. The van der Waals surface area contributed by atoms with Crippen molar-refractivity contribution in [1.82, 2.24) is 0 Å². The highest BCUT2D eigenvalue weighted by Gasteiger charge is 1.99. The van der Waals surface area contributed by atoms with E-state index in [0.717, 1.165) is 5.69 Å². The quantitative estimate of drug-likeness (QED) is 0.641. The van der Waals surface area contributed by atoms with Gasteiger partial charge in [-0.2, -0.15) is 0 Å². The molecule has 1 aromatic carbocycles. The number of aryl methyl sites for hydroxylation is 2. The van der Waals surface area contributed by atoms with Gasteiger partial charge in [-0.3, -0.25) is 4.99 Å². The lowest BCUT2D eigenvalue weighted by Gasteiger charge is -2.06. The van der Waals surface area contributed by atoms with Crippen LogP contribution in [-0.4, -0.2) is 6.21 Å². The van der Waals surface area contributed by atoms with Gasteiger partial charge in [-0.15, -0.1) is 0 Å². The van der Waals surface area contributed by atoms with Crippen molar-refractivity contribution in [3.8, 4) is 0 Å². The Morgan fingerprint density at radius 1 is 1.20 bits per heavy atom. The molecule has 1 nitrogen and oxygen atoms in total. The van der Waals surface area contributed by atoms with Crippen LogP contribution in [0.5, 0.6) is 0 Å². The highest BCUT2D eigenvalue weighted by Crippen LogP contribution is 2.20. The molecule has 1 aromatic rings. The molecule has 0 amide bonds. The first-order chi connectivity index (χ1) is 7.17. The Morgan fingerprint density at radius 3 is 2.47 bits per heavy atom. The molecule has 0 spiro atoms. The van der Waals surface area contributed by atoms with E-state index in [1.807, 2.05) is 0 Å². The second-order valence-corrected chi connectivity index (χ2v) is 4.14. The highest BCUT2D eigenvalue weighted by molar-refractivity contribution is 5.67. The van der Waals surface area contributed by atoms with Gasteiger partial charge in [0, 0.05) is 6.21 Å². The zero-order chi connectivity index (χ0) is 11.3. The number of hydrogen-bond donors (Lipinski definition) is 0. The predicted octanol–water partition coefficient (Wildman–Crippen LogP) is 4.44. The molecule has 0 aliphatic rings. The molecule has 0 aliphatic heterocycles. The first kappa shape index (κ1) is 12.0. The van der Waals surface area contributed by atoms with Crippen LogP contribution < -0.4 is 0 Å². The molecule has 0 N–H and O–H groups in total. The van der Waals surface area contributed by atoms with E-state index in [9.17, 15) is 0 Å². The van der Waals surface area contributed by atoms with Gasteiger partial charge in [-0.1, -0.05) is 26.0 Å². The maximum Gasteiger partial charge on any atom is 0.0657 e. The predicted molar refractivity (Wildman–Crippen MR) is 68.1 cm³/mol. The van der Waals surface area contributed by atoms with Gasteiger partial charge in [-0.25, -0.2) is 0 Å². The van der Waals surface area contributed by atoms with Crippen molar-refractivity contribution in [2.75, 3.05) is 0 Å². The summed E-state index contributed by atoms with van der Waals surface area (Å²) in [6.45, 7) is 8.64. The number of rotatable bonds is 4. The first-order valence-corrected chi connectivity index (χ1v) is 5.78. The zero-order valence-electron chi connectivity index (χ0n) is 10.2. The monoisotopic (exact) mass is 203 g/mol. The van der Waals surface area contributed by atoms with E-state index in [1.165, 1.54) is 24.0 Å². The van der Waals surface area contributed by atoms with Crippen LogP contribution in [0, 0.1) is 19.8 Å². The van der Waals surface area contributed by atoms with Crippen molar-refractivity contribution in [2.45, 2.75) is 40.5 Å². The van der Waals surface area contributed by atoms with Crippen molar-refractivity contribution < 1.29 is 0 Å². The number of hydrogen-bond acceptors (Lipinski definition) is 1. The standard InChI is InChI=1S/C14H21N/c1-5-13(6-2)10-15-14-9-11(3)7-8-12(14)4/h7-10,13H,5-6H2,1-4H3/b15-10+. The molecule has 0 bridgehead atoms. The van der Waals surface area contributed by atoms with E-state index in [4.69, 9.17) is 0 Å². The lowest BCUT2D eigenvalue weighted by molar-refractivity contribution is 0.655. The summed E-state index contributed by atoms with van der Waals surface area (Å²) < 4.78 is 0. The molecule has 0 saturated heterocycles. The summed E-state index contributed by atoms with van der Waals surface area (Å²) in [6, 6.07) is 6.41. The Labute approximate surface area is 93.2 Å². The lowest BCUT2D eigenvalue weighted by Crippen LogP contribution is -1.97. The smallest absolute Gasteiger partial charge is 0.0657 e. The van der Waals surface area contributed by atoms with Gasteiger partial charge in [-0.05, 0) is 49.8 Å². The maximum absolute atomic E-state index is 4.58. The fraction of sp³-hybridized carbons (Fsp3) is 0.500. The van der Waals surface area contributed by atoms with E-state index in [0.29, 0.717) is 5.92 Å². The molecule has 0 heterocycles. The third-order valence-corrected chi connectivity index (χ3v) is 2.84. The molecular formula is C14H21N. The van der Waals surface area contributed by atoms with Crippen LogP contribution in [0.2, 0.25) is 0 Å². The largest absolute Gasteiger partial charge is 0.261 e. The number of aliphatic imine (C=N–C) groups is 1. The van der Waals surface area contributed by atoms with Gasteiger partial charge < -0.3 is 0 Å². The third-order valence-electron chi connectivity index (χ3n) is 2.84. The second-order valence-electron chi connectivity index (χ2n) is 4.14. The molecule has 15 heavy (non-hydrogen) atoms. The summed E-state index contributed by atoms with van der Waals surface area (Å²) in [6.07, 6.45) is 4.44. The van der Waals surface area contributed by atoms with Crippen LogP contribution in [0.1, 0.15) is 37.8 Å². The fourth-order valence-corrected chi connectivity index (χ4v) is 1.54. The zero-order valence-corrected chi connectivity index (χ0v) is 10.2. The summed E-state index contributed by atoms with van der Waals surface area (Å²) in [7, 11) is 0. The van der Waals surface area contributed by atoms with E-state index >= 15 is 0 Å². The van der Waals surface area contributed by atoms with Crippen LogP contribution >= 0.6 is 0 Å². The van der Waals surface area contributed by atoms with Crippen molar-refractivity contribution in [1.29, 1.82) is 0 Å². The molecule has 0 radical (unpaired) electrons. The van der Waals surface area contributed by atoms with Crippen molar-refractivity contribution in [3.05, 3.63) is 29.3 Å². The highest BCUT2D eigenvalue weighted by atomic mass is 14.7. The van der Waals surface area contributed by atoms with Crippen LogP contribution in [0.25, 0.3) is 0 Å². The third kappa shape index (κ3) is 3.50. The molecule has 0 aliphatic carbocycles. The van der Waals surface area contributed by atoms with Gasteiger partial charge in [0.2, 0.25) is 0 Å². The summed E-state index contributed by atoms with van der Waals surface area (Å²) >= 11 is 0. The van der Waals surface area contributed by atoms with Crippen LogP contribution in [0.15, 0.2) is 23.2 Å². The van der Waals surface area contributed by atoms with E-state index < -0.39 is 0 Å². The molecule has 82 valence electrons.